The highest BCUT2D eigenvalue weighted by Gasteiger charge is 2.18. The molecule has 5 heteroatoms. The van der Waals surface area contributed by atoms with Gasteiger partial charge in [-0.3, -0.25) is 4.68 Å². The molecule has 0 radical (unpaired) electrons. The number of rotatable bonds is 4. The summed E-state index contributed by atoms with van der Waals surface area (Å²) in [4.78, 5) is 0. The summed E-state index contributed by atoms with van der Waals surface area (Å²) in [5, 5.41) is 6.48. The van der Waals surface area contributed by atoms with Gasteiger partial charge >= 0.3 is 0 Å². The van der Waals surface area contributed by atoms with Gasteiger partial charge in [0.2, 0.25) is 0 Å². The van der Waals surface area contributed by atoms with E-state index in [-0.39, 0.29) is 0 Å². The molecule has 1 atom stereocenters. The molecule has 0 aliphatic rings. The zero-order valence-electron chi connectivity index (χ0n) is 7.67. The van der Waals surface area contributed by atoms with Crippen molar-refractivity contribution in [2.24, 2.45) is 7.05 Å². The monoisotopic (exact) mass is 189 g/mol. The third kappa shape index (κ3) is 2.77. The molecule has 0 saturated carbocycles. The molecule has 0 aliphatic carbocycles. The van der Waals surface area contributed by atoms with E-state index in [1.54, 1.807) is 24.1 Å². The predicted molar refractivity (Wildman–Crippen MR) is 45.8 cm³/mol. The number of halogens is 2. The summed E-state index contributed by atoms with van der Waals surface area (Å²) < 4.78 is 26.2. The Kier molecular flexibility index (Phi) is 3.36. The lowest BCUT2D eigenvalue weighted by Crippen LogP contribution is -2.34. The minimum atomic E-state index is -2.34. The smallest absolute Gasteiger partial charge is 0.254 e. The van der Waals surface area contributed by atoms with Crippen molar-refractivity contribution in [3.63, 3.8) is 0 Å². The Labute approximate surface area is 75.7 Å². The molecule has 3 nitrogen and oxygen atoms in total. The van der Waals surface area contributed by atoms with Crippen molar-refractivity contribution in [2.45, 2.75) is 18.9 Å². The van der Waals surface area contributed by atoms with Crippen LogP contribution < -0.4 is 5.32 Å². The first kappa shape index (κ1) is 10.1. The first-order valence-electron chi connectivity index (χ1n) is 4.06. The minimum Gasteiger partial charge on any atom is -0.312 e. The van der Waals surface area contributed by atoms with Crippen LogP contribution in [0.25, 0.3) is 0 Å². The molecule has 0 aliphatic heterocycles. The van der Waals surface area contributed by atoms with Gasteiger partial charge in [-0.05, 0) is 19.0 Å². The van der Waals surface area contributed by atoms with Crippen LogP contribution in [0.2, 0.25) is 0 Å². The second kappa shape index (κ2) is 4.32. The molecule has 74 valence electrons. The lowest BCUT2D eigenvalue weighted by Gasteiger charge is -2.13. The average molecular weight is 189 g/mol. The van der Waals surface area contributed by atoms with E-state index >= 15 is 0 Å². The molecule has 13 heavy (non-hydrogen) atoms. The molecule has 0 spiro atoms. The quantitative estimate of drug-likeness (QED) is 0.759. The Hall–Kier alpha value is -0.970. The van der Waals surface area contributed by atoms with Crippen molar-refractivity contribution in [1.82, 2.24) is 15.1 Å². The molecule has 0 saturated heterocycles. The van der Waals surface area contributed by atoms with Gasteiger partial charge in [0, 0.05) is 13.2 Å². The van der Waals surface area contributed by atoms with Gasteiger partial charge in [-0.1, -0.05) is 0 Å². The van der Waals surface area contributed by atoms with Gasteiger partial charge in [0.25, 0.3) is 6.43 Å². The summed E-state index contributed by atoms with van der Waals surface area (Å²) in [6.45, 7) is 0. The third-order valence-corrected chi connectivity index (χ3v) is 1.89. The number of aromatic nitrogens is 2. The van der Waals surface area contributed by atoms with Gasteiger partial charge < -0.3 is 5.32 Å². The van der Waals surface area contributed by atoms with Crippen molar-refractivity contribution in [3.05, 3.63) is 18.0 Å². The van der Waals surface area contributed by atoms with E-state index in [1.165, 1.54) is 7.05 Å². The molecular weight excluding hydrogens is 176 g/mol. The summed E-state index contributed by atoms with van der Waals surface area (Å²) in [7, 11) is 3.30. The summed E-state index contributed by atoms with van der Waals surface area (Å²) in [5.74, 6) is 0. The zero-order valence-corrected chi connectivity index (χ0v) is 7.67. The van der Waals surface area contributed by atoms with Crippen LogP contribution in [-0.2, 0) is 13.5 Å². The highest BCUT2D eigenvalue weighted by atomic mass is 19.3. The highest BCUT2D eigenvalue weighted by Crippen LogP contribution is 2.08. The lowest BCUT2D eigenvalue weighted by atomic mass is 10.1. The number of nitrogens with one attached hydrogen (secondary N) is 1. The lowest BCUT2D eigenvalue weighted by molar-refractivity contribution is 0.102. The normalized spacial score (nSPS) is 13.6. The second-order valence-electron chi connectivity index (χ2n) is 2.96. The van der Waals surface area contributed by atoms with Gasteiger partial charge in [-0.2, -0.15) is 5.10 Å². The number of likely N-dealkylation sites (N-methyl/N-ethyl adjacent to an activating group) is 1. The molecule has 1 aromatic rings. The topological polar surface area (TPSA) is 29.9 Å². The van der Waals surface area contributed by atoms with Crippen LogP contribution >= 0.6 is 0 Å². The van der Waals surface area contributed by atoms with E-state index in [0.717, 1.165) is 5.56 Å². The fourth-order valence-corrected chi connectivity index (χ4v) is 1.15. The first-order chi connectivity index (χ1) is 6.13. The Morgan fingerprint density at radius 2 is 2.31 bits per heavy atom. The largest absolute Gasteiger partial charge is 0.312 e. The van der Waals surface area contributed by atoms with Gasteiger partial charge in [0.05, 0.1) is 12.2 Å². The van der Waals surface area contributed by atoms with Crippen LogP contribution in [-0.4, -0.2) is 29.3 Å². The van der Waals surface area contributed by atoms with Crippen LogP contribution in [0.15, 0.2) is 12.4 Å². The van der Waals surface area contributed by atoms with Crippen molar-refractivity contribution >= 4 is 0 Å². The van der Waals surface area contributed by atoms with Gasteiger partial charge in [-0.15, -0.1) is 0 Å². The summed E-state index contributed by atoms with van der Waals surface area (Å²) >= 11 is 0. The third-order valence-electron chi connectivity index (χ3n) is 1.89. The summed E-state index contributed by atoms with van der Waals surface area (Å²) in [5.41, 5.74) is 0.821. The maximum Gasteiger partial charge on any atom is 0.254 e. The van der Waals surface area contributed by atoms with Crippen LogP contribution in [0.5, 0.6) is 0 Å². The van der Waals surface area contributed by atoms with Crippen molar-refractivity contribution in [2.75, 3.05) is 7.05 Å². The SMILES string of the molecule is CNC(Cc1cnn(C)c1)C(F)F. The van der Waals surface area contributed by atoms with Crippen LogP contribution in [0.1, 0.15) is 5.56 Å². The second-order valence-corrected chi connectivity index (χ2v) is 2.96. The molecule has 0 fully saturated rings. The Bertz CT molecular complexity index is 260. The Morgan fingerprint density at radius 3 is 2.69 bits per heavy atom. The molecule has 1 N–H and O–H groups in total. The molecule has 0 aromatic carbocycles. The van der Waals surface area contributed by atoms with Crippen LogP contribution in [0.3, 0.4) is 0 Å². The number of hydrogen-bond donors (Lipinski definition) is 1. The fourth-order valence-electron chi connectivity index (χ4n) is 1.15. The average Bonchev–Trinajstić information content (AvgIpc) is 2.46. The Balaban J connectivity index is 2.56. The maximum atomic E-state index is 12.3. The van der Waals surface area contributed by atoms with E-state index in [0.29, 0.717) is 6.42 Å². The van der Waals surface area contributed by atoms with E-state index < -0.39 is 12.5 Å². The fraction of sp³-hybridized carbons (Fsp3) is 0.625. The highest BCUT2D eigenvalue weighted by molar-refractivity contribution is 5.06. The van der Waals surface area contributed by atoms with Crippen LogP contribution in [0, 0.1) is 0 Å². The molecule has 0 bridgehead atoms. The summed E-state index contributed by atoms with van der Waals surface area (Å²) in [6, 6.07) is -0.788. The van der Waals surface area contributed by atoms with Crippen molar-refractivity contribution in [3.8, 4) is 0 Å². The van der Waals surface area contributed by atoms with Crippen LogP contribution in [0.4, 0.5) is 8.78 Å². The maximum absolute atomic E-state index is 12.3. The standard InChI is InChI=1S/C8H13F2N3/c1-11-7(8(9)10)3-6-4-12-13(2)5-6/h4-5,7-8,11H,3H2,1-2H3. The molecule has 0 amide bonds. The first-order valence-corrected chi connectivity index (χ1v) is 4.06. The molecule has 1 heterocycles. The number of aryl methyl sites for hydroxylation is 1. The number of nitrogens with zero attached hydrogens (tertiary/aromatic N) is 2. The predicted octanol–water partition coefficient (Wildman–Crippen LogP) is 0.816. The van der Waals surface area contributed by atoms with Gasteiger partial charge in [-0.25, -0.2) is 8.78 Å². The van der Waals surface area contributed by atoms with Gasteiger partial charge in [0.15, 0.2) is 0 Å². The summed E-state index contributed by atoms with van der Waals surface area (Å²) in [6.07, 6.45) is 1.31. The van der Waals surface area contributed by atoms with E-state index in [4.69, 9.17) is 0 Å². The number of hydrogen-bond acceptors (Lipinski definition) is 2. The minimum absolute atomic E-state index is 0.308. The van der Waals surface area contributed by atoms with Gasteiger partial charge in [0.1, 0.15) is 0 Å². The van der Waals surface area contributed by atoms with Crippen molar-refractivity contribution < 1.29 is 8.78 Å². The Morgan fingerprint density at radius 1 is 1.62 bits per heavy atom. The molecular formula is C8H13F2N3. The molecule has 1 unspecified atom stereocenters. The molecule has 1 rings (SSSR count). The number of alkyl halides is 2. The molecule has 1 aromatic heterocycles. The van der Waals surface area contributed by atoms with Crippen molar-refractivity contribution in [1.29, 1.82) is 0 Å². The zero-order chi connectivity index (χ0) is 9.84. The van der Waals surface area contributed by atoms with E-state index in [1.807, 2.05) is 0 Å². The van der Waals surface area contributed by atoms with E-state index in [9.17, 15) is 8.78 Å². The van der Waals surface area contributed by atoms with E-state index in [2.05, 4.69) is 10.4 Å².